The van der Waals surface area contributed by atoms with Crippen molar-refractivity contribution in [3.63, 3.8) is 0 Å². The highest BCUT2D eigenvalue weighted by Crippen LogP contribution is 2.32. The number of benzene rings is 4. The van der Waals surface area contributed by atoms with Gasteiger partial charge in [-0.25, -0.2) is 10.2 Å². The first-order valence-electron chi connectivity index (χ1n) is 10.7. The minimum absolute atomic E-state index is 0.123. The van der Waals surface area contributed by atoms with Gasteiger partial charge in [-0.1, -0.05) is 30.3 Å². The Hall–Kier alpha value is -4.85. The summed E-state index contributed by atoms with van der Waals surface area (Å²) in [6, 6.07) is 22.7. The van der Waals surface area contributed by atoms with Crippen molar-refractivity contribution in [3.05, 3.63) is 95.6 Å². The Morgan fingerprint density at radius 2 is 1.69 bits per heavy atom. The van der Waals surface area contributed by atoms with E-state index in [9.17, 15) is 9.59 Å². The quantitative estimate of drug-likeness (QED) is 0.193. The van der Waals surface area contributed by atoms with E-state index in [0.717, 1.165) is 10.8 Å². The first-order valence-corrected chi connectivity index (χ1v) is 10.7. The van der Waals surface area contributed by atoms with E-state index in [-0.39, 0.29) is 6.79 Å². The molecular weight excluding hydrogens is 448 g/mol. The van der Waals surface area contributed by atoms with E-state index in [2.05, 4.69) is 10.5 Å². The summed E-state index contributed by atoms with van der Waals surface area (Å²) >= 11 is 0. The number of methoxy groups -OCH3 is 1. The lowest BCUT2D eigenvalue weighted by atomic mass is 10.0. The Morgan fingerprint density at radius 1 is 0.914 bits per heavy atom. The van der Waals surface area contributed by atoms with Crippen molar-refractivity contribution >= 4 is 28.9 Å². The molecule has 174 valence electrons. The zero-order valence-electron chi connectivity index (χ0n) is 18.7. The molecular formula is C27H20N2O6. The fourth-order valence-corrected chi connectivity index (χ4v) is 3.64. The van der Waals surface area contributed by atoms with Gasteiger partial charge in [0.2, 0.25) is 6.79 Å². The Morgan fingerprint density at radius 3 is 2.51 bits per heavy atom. The molecule has 0 atom stereocenters. The highest BCUT2D eigenvalue weighted by Gasteiger charge is 2.17. The molecule has 0 aromatic heterocycles. The number of carbonyl (C=O) groups excluding carboxylic acids is 2. The normalized spacial score (nSPS) is 12.0. The monoisotopic (exact) mass is 468 g/mol. The van der Waals surface area contributed by atoms with Crippen molar-refractivity contribution < 1.29 is 28.5 Å². The molecule has 0 spiro atoms. The number of esters is 1. The van der Waals surface area contributed by atoms with Crippen LogP contribution in [0.1, 0.15) is 26.3 Å². The van der Waals surface area contributed by atoms with Crippen molar-refractivity contribution in [2.75, 3.05) is 13.9 Å². The number of hydrogen-bond acceptors (Lipinski definition) is 7. The van der Waals surface area contributed by atoms with Gasteiger partial charge in [-0.2, -0.15) is 5.10 Å². The van der Waals surface area contributed by atoms with Gasteiger partial charge in [0.1, 0.15) is 11.5 Å². The van der Waals surface area contributed by atoms with Crippen molar-refractivity contribution in [1.29, 1.82) is 0 Å². The van der Waals surface area contributed by atoms with Gasteiger partial charge in [0.05, 0.1) is 18.9 Å². The first kappa shape index (κ1) is 22.0. The zero-order valence-corrected chi connectivity index (χ0v) is 18.7. The molecule has 1 aliphatic rings. The second kappa shape index (κ2) is 9.56. The van der Waals surface area contributed by atoms with Crippen LogP contribution < -0.4 is 24.4 Å². The Balaban J connectivity index is 1.39. The highest BCUT2D eigenvalue weighted by atomic mass is 16.7. The van der Waals surface area contributed by atoms with Crippen LogP contribution in [-0.4, -0.2) is 32.0 Å². The van der Waals surface area contributed by atoms with Gasteiger partial charge in [0.25, 0.3) is 5.91 Å². The van der Waals surface area contributed by atoms with E-state index < -0.39 is 11.9 Å². The van der Waals surface area contributed by atoms with Gasteiger partial charge in [-0.05, 0) is 59.3 Å². The molecule has 0 bridgehead atoms. The van der Waals surface area contributed by atoms with Crippen LogP contribution >= 0.6 is 0 Å². The summed E-state index contributed by atoms with van der Waals surface area (Å²) < 4.78 is 21.4. The number of nitrogens with zero attached hydrogens (tertiary/aromatic N) is 1. The number of nitrogens with one attached hydrogen (secondary N) is 1. The molecule has 0 fully saturated rings. The fourth-order valence-electron chi connectivity index (χ4n) is 3.64. The van der Waals surface area contributed by atoms with Crippen LogP contribution in [0, 0.1) is 0 Å². The topological polar surface area (TPSA) is 95.5 Å². The molecule has 1 heterocycles. The molecule has 0 saturated carbocycles. The third-order valence-electron chi connectivity index (χ3n) is 5.45. The zero-order chi connectivity index (χ0) is 24.2. The van der Waals surface area contributed by atoms with E-state index in [1.54, 1.807) is 55.6 Å². The number of carbonyl (C=O) groups is 2. The lowest BCUT2D eigenvalue weighted by molar-refractivity contribution is 0.0734. The first-order chi connectivity index (χ1) is 17.1. The number of hydrogen-bond donors (Lipinski definition) is 1. The minimum atomic E-state index is -0.526. The van der Waals surface area contributed by atoms with Crippen LogP contribution in [0.2, 0.25) is 0 Å². The van der Waals surface area contributed by atoms with Crippen LogP contribution in [0.5, 0.6) is 23.0 Å². The van der Waals surface area contributed by atoms with Crippen LogP contribution in [0.3, 0.4) is 0 Å². The van der Waals surface area contributed by atoms with Crippen LogP contribution in [0.4, 0.5) is 0 Å². The van der Waals surface area contributed by atoms with Crippen molar-refractivity contribution in [1.82, 2.24) is 5.43 Å². The van der Waals surface area contributed by atoms with Gasteiger partial charge in [0, 0.05) is 11.1 Å². The van der Waals surface area contributed by atoms with E-state index in [1.807, 2.05) is 30.3 Å². The number of amides is 1. The van der Waals surface area contributed by atoms with Crippen LogP contribution in [0.25, 0.3) is 10.8 Å². The van der Waals surface area contributed by atoms with Gasteiger partial charge < -0.3 is 18.9 Å². The second-order valence-corrected chi connectivity index (χ2v) is 7.58. The molecule has 5 rings (SSSR count). The number of rotatable bonds is 6. The van der Waals surface area contributed by atoms with Gasteiger partial charge >= 0.3 is 5.97 Å². The summed E-state index contributed by atoms with van der Waals surface area (Å²) in [5.74, 6) is 1.09. The predicted octanol–water partition coefficient (Wildman–Crippen LogP) is 4.56. The smallest absolute Gasteiger partial charge is 0.343 e. The molecule has 4 aromatic carbocycles. The number of hydrazone groups is 1. The summed E-state index contributed by atoms with van der Waals surface area (Å²) in [6.45, 7) is 0.123. The van der Waals surface area contributed by atoms with Crippen LogP contribution in [0.15, 0.2) is 84.0 Å². The van der Waals surface area contributed by atoms with Crippen LogP contribution in [-0.2, 0) is 0 Å². The summed E-state index contributed by atoms with van der Waals surface area (Å²) in [5, 5.41) is 5.86. The molecule has 35 heavy (non-hydrogen) atoms. The van der Waals surface area contributed by atoms with E-state index in [0.29, 0.717) is 39.7 Å². The molecule has 1 aliphatic heterocycles. The van der Waals surface area contributed by atoms with Gasteiger partial charge in [0.15, 0.2) is 11.5 Å². The van der Waals surface area contributed by atoms with E-state index in [1.165, 1.54) is 6.21 Å². The molecule has 1 N–H and O–H groups in total. The third kappa shape index (κ3) is 4.63. The van der Waals surface area contributed by atoms with Crippen molar-refractivity contribution in [3.8, 4) is 23.0 Å². The average molecular weight is 468 g/mol. The summed E-state index contributed by atoms with van der Waals surface area (Å²) in [4.78, 5) is 25.3. The molecule has 4 aromatic rings. The SMILES string of the molecule is COc1ccc(C(=O)Oc2ccc3ccccc3c2C=NNC(=O)c2ccc3c(c2)OCO3)cc1. The largest absolute Gasteiger partial charge is 0.497 e. The lowest BCUT2D eigenvalue weighted by Crippen LogP contribution is -2.17. The molecule has 8 nitrogen and oxygen atoms in total. The van der Waals surface area contributed by atoms with Crippen molar-refractivity contribution in [2.24, 2.45) is 5.10 Å². The molecule has 1 amide bonds. The maximum atomic E-state index is 12.8. The standard InChI is InChI=1S/C27H20N2O6/c1-32-20-10-6-18(7-11-20)27(31)35-23-12-8-17-4-2-3-5-21(17)22(23)15-28-29-26(30)19-9-13-24-25(14-19)34-16-33-24/h2-15H,16H2,1H3,(H,29,30). The maximum absolute atomic E-state index is 12.8. The minimum Gasteiger partial charge on any atom is -0.497 e. The van der Waals surface area contributed by atoms with Gasteiger partial charge in [-0.15, -0.1) is 0 Å². The highest BCUT2D eigenvalue weighted by molar-refractivity contribution is 6.04. The Labute approximate surface area is 200 Å². The lowest BCUT2D eigenvalue weighted by Gasteiger charge is -2.11. The molecule has 8 heteroatoms. The predicted molar refractivity (Wildman–Crippen MR) is 130 cm³/mol. The second-order valence-electron chi connectivity index (χ2n) is 7.58. The maximum Gasteiger partial charge on any atom is 0.343 e. The summed E-state index contributed by atoms with van der Waals surface area (Å²) in [5.41, 5.74) is 3.80. The molecule has 0 saturated heterocycles. The average Bonchev–Trinajstić information content (AvgIpc) is 3.37. The molecule has 0 radical (unpaired) electrons. The third-order valence-corrected chi connectivity index (χ3v) is 5.45. The van der Waals surface area contributed by atoms with E-state index in [4.69, 9.17) is 18.9 Å². The summed E-state index contributed by atoms with van der Waals surface area (Å²) in [6.07, 6.45) is 1.46. The molecule has 0 unspecified atom stereocenters. The Bertz CT molecular complexity index is 1450. The summed E-state index contributed by atoms with van der Waals surface area (Å²) in [7, 11) is 1.55. The van der Waals surface area contributed by atoms with Gasteiger partial charge in [-0.3, -0.25) is 4.79 Å². The number of fused-ring (bicyclic) bond motifs is 2. The van der Waals surface area contributed by atoms with E-state index >= 15 is 0 Å². The number of ether oxygens (including phenoxy) is 4. The molecule has 0 aliphatic carbocycles. The fraction of sp³-hybridized carbons (Fsp3) is 0.0741. The Kier molecular flexibility index (Phi) is 6.00. The van der Waals surface area contributed by atoms with Crippen molar-refractivity contribution in [2.45, 2.75) is 0 Å².